The van der Waals surface area contributed by atoms with Crippen LogP contribution in [0.5, 0.6) is 0 Å². The summed E-state index contributed by atoms with van der Waals surface area (Å²) in [4.78, 5) is 36.5. The normalized spacial score (nSPS) is 29.1. The Kier molecular flexibility index (Phi) is 4.98. The number of imide groups is 1. The Hall–Kier alpha value is -2.44. The second-order valence-corrected chi connectivity index (χ2v) is 7.65. The lowest BCUT2D eigenvalue weighted by Crippen LogP contribution is -2.35. The predicted octanol–water partition coefficient (Wildman–Crippen LogP) is 3.73. The van der Waals surface area contributed by atoms with Gasteiger partial charge in [-0.05, 0) is 30.4 Å². The highest BCUT2D eigenvalue weighted by Crippen LogP contribution is 2.37. The third-order valence-corrected chi connectivity index (χ3v) is 5.86. The molecule has 2 amide bonds. The van der Waals surface area contributed by atoms with E-state index in [1.165, 1.54) is 12.5 Å². The molecule has 0 aromatic heterocycles. The molecule has 2 fully saturated rings. The second-order valence-electron chi connectivity index (χ2n) is 7.65. The molecule has 2 aliphatic rings. The topological polar surface area (TPSA) is 92.6 Å². The van der Waals surface area contributed by atoms with Crippen molar-refractivity contribution in [1.29, 1.82) is 0 Å². The van der Waals surface area contributed by atoms with Gasteiger partial charge in [-0.15, -0.1) is 0 Å². The molecule has 26 heavy (non-hydrogen) atoms. The Bertz CT molecular complexity index is 748. The molecule has 0 bridgehead atoms. The van der Waals surface area contributed by atoms with Crippen LogP contribution in [0.1, 0.15) is 46.5 Å². The number of amides is 2. The van der Waals surface area contributed by atoms with E-state index in [0.717, 1.165) is 17.7 Å². The molecule has 7 nitrogen and oxygen atoms in total. The van der Waals surface area contributed by atoms with Gasteiger partial charge in [0.25, 0.3) is 5.69 Å². The minimum absolute atomic E-state index is 0.104. The first-order valence-electron chi connectivity index (χ1n) is 9.21. The summed E-state index contributed by atoms with van der Waals surface area (Å²) in [6, 6.07) is 4.73. The van der Waals surface area contributed by atoms with Gasteiger partial charge in [-0.25, -0.2) is 0 Å². The van der Waals surface area contributed by atoms with Crippen molar-refractivity contribution in [2.75, 3.05) is 10.2 Å². The molecule has 0 radical (unpaired) electrons. The van der Waals surface area contributed by atoms with Gasteiger partial charge in [0.15, 0.2) is 0 Å². The van der Waals surface area contributed by atoms with Crippen molar-refractivity contribution >= 4 is 28.9 Å². The van der Waals surface area contributed by atoms with E-state index in [0.29, 0.717) is 17.5 Å². The summed E-state index contributed by atoms with van der Waals surface area (Å²) in [6.07, 6.45) is 3.40. The SMILES string of the molecule is C[C@@H]1[C@@H](C)CCC[C@H]1Nc1ccc(N2C(=O)C[C@@H](C)C2=O)cc1[N+](=O)[O-]. The molecule has 1 aromatic rings. The van der Waals surface area contributed by atoms with Crippen LogP contribution < -0.4 is 10.2 Å². The van der Waals surface area contributed by atoms with Gasteiger partial charge >= 0.3 is 0 Å². The van der Waals surface area contributed by atoms with Crippen LogP contribution in [0.25, 0.3) is 0 Å². The summed E-state index contributed by atoms with van der Waals surface area (Å²) in [5, 5.41) is 14.9. The van der Waals surface area contributed by atoms with Gasteiger partial charge in [0.2, 0.25) is 11.8 Å². The Morgan fingerprint density at radius 3 is 2.54 bits per heavy atom. The molecule has 1 aliphatic carbocycles. The van der Waals surface area contributed by atoms with Crippen LogP contribution in [0.15, 0.2) is 18.2 Å². The zero-order valence-corrected chi connectivity index (χ0v) is 15.4. The fourth-order valence-electron chi connectivity index (χ4n) is 3.97. The number of nitrogens with zero attached hydrogens (tertiary/aromatic N) is 2. The number of hydrogen-bond acceptors (Lipinski definition) is 5. The smallest absolute Gasteiger partial charge is 0.294 e. The highest BCUT2D eigenvalue weighted by molar-refractivity contribution is 6.21. The Labute approximate surface area is 152 Å². The third kappa shape index (κ3) is 3.30. The average Bonchev–Trinajstić information content (AvgIpc) is 2.84. The molecular formula is C19H25N3O4. The van der Waals surface area contributed by atoms with Gasteiger partial charge in [0, 0.05) is 24.4 Å². The van der Waals surface area contributed by atoms with Crippen LogP contribution >= 0.6 is 0 Å². The maximum atomic E-state index is 12.2. The monoisotopic (exact) mass is 359 g/mol. The molecule has 3 rings (SSSR count). The van der Waals surface area contributed by atoms with E-state index in [4.69, 9.17) is 0 Å². The van der Waals surface area contributed by atoms with Crippen LogP contribution in [0.2, 0.25) is 0 Å². The second kappa shape index (κ2) is 7.05. The fraction of sp³-hybridized carbons (Fsp3) is 0.579. The summed E-state index contributed by atoms with van der Waals surface area (Å²) >= 11 is 0. The summed E-state index contributed by atoms with van der Waals surface area (Å²) < 4.78 is 0. The Balaban J connectivity index is 1.89. The van der Waals surface area contributed by atoms with Crippen molar-refractivity contribution in [2.24, 2.45) is 17.8 Å². The first-order chi connectivity index (χ1) is 12.3. The van der Waals surface area contributed by atoms with Crippen molar-refractivity contribution < 1.29 is 14.5 Å². The van der Waals surface area contributed by atoms with Crippen LogP contribution in [0.3, 0.4) is 0 Å². The van der Waals surface area contributed by atoms with Gasteiger partial charge in [-0.3, -0.25) is 24.6 Å². The standard InChI is InChI=1S/C19H25N3O4/c1-11-5-4-6-15(13(11)3)20-16-8-7-14(10-17(16)22(25)26)21-18(23)9-12(2)19(21)24/h7-8,10-13,15,20H,4-6,9H2,1-3H3/t11-,12+,13+,15+/m0/s1. The molecule has 1 aromatic carbocycles. The largest absolute Gasteiger partial charge is 0.376 e. The summed E-state index contributed by atoms with van der Waals surface area (Å²) in [7, 11) is 0. The van der Waals surface area contributed by atoms with Gasteiger partial charge in [-0.1, -0.05) is 33.6 Å². The Morgan fingerprint density at radius 1 is 1.19 bits per heavy atom. The maximum Gasteiger partial charge on any atom is 0.294 e. The first kappa shape index (κ1) is 18.4. The van der Waals surface area contributed by atoms with Gasteiger partial charge in [0.1, 0.15) is 5.69 Å². The number of anilines is 2. The number of hydrogen-bond donors (Lipinski definition) is 1. The van der Waals surface area contributed by atoms with E-state index < -0.39 is 4.92 Å². The van der Waals surface area contributed by atoms with Gasteiger partial charge in [0.05, 0.1) is 10.6 Å². The molecular weight excluding hydrogens is 334 g/mol. The van der Waals surface area contributed by atoms with Gasteiger partial charge in [-0.2, -0.15) is 0 Å². The van der Waals surface area contributed by atoms with Gasteiger partial charge < -0.3 is 5.32 Å². The molecule has 1 saturated heterocycles. The molecule has 7 heteroatoms. The van der Waals surface area contributed by atoms with Crippen molar-refractivity contribution in [3.05, 3.63) is 28.3 Å². The van der Waals surface area contributed by atoms with Crippen molar-refractivity contribution in [3.63, 3.8) is 0 Å². The van der Waals surface area contributed by atoms with E-state index >= 15 is 0 Å². The summed E-state index contributed by atoms with van der Waals surface area (Å²) in [6.45, 7) is 6.07. The van der Waals surface area contributed by atoms with Crippen molar-refractivity contribution in [2.45, 2.75) is 52.5 Å². The number of benzene rings is 1. The maximum absolute atomic E-state index is 12.2. The molecule has 0 unspecified atom stereocenters. The average molecular weight is 359 g/mol. The summed E-state index contributed by atoms with van der Waals surface area (Å²) in [5.74, 6) is -0.0116. The van der Waals surface area contributed by atoms with Crippen LogP contribution in [0, 0.1) is 27.9 Å². The van der Waals surface area contributed by atoms with E-state index in [1.54, 1.807) is 19.1 Å². The summed E-state index contributed by atoms with van der Waals surface area (Å²) in [5.41, 5.74) is 0.608. The zero-order valence-electron chi connectivity index (χ0n) is 15.4. The highest BCUT2D eigenvalue weighted by atomic mass is 16.6. The quantitative estimate of drug-likeness (QED) is 0.502. The zero-order chi connectivity index (χ0) is 19.0. The van der Waals surface area contributed by atoms with E-state index in [1.807, 2.05) is 0 Å². The van der Waals surface area contributed by atoms with Crippen LogP contribution in [-0.2, 0) is 9.59 Å². The molecule has 1 N–H and O–H groups in total. The van der Waals surface area contributed by atoms with E-state index in [2.05, 4.69) is 19.2 Å². The molecule has 4 atom stereocenters. The van der Waals surface area contributed by atoms with E-state index in [9.17, 15) is 19.7 Å². The van der Waals surface area contributed by atoms with Crippen LogP contribution in [-0.4, -0.2) is 22.8 Å². The minimum atomic E-state index is -0.461. The molecule has 1 heterocycles. The minimum Gasteiger partial charge on any atom is -0.376 e. The molecule has 1 saturated carbocycles. The molecule has 1 aliphatic heterocycles. The van der Waals surface area contributed by atoms with Crippen LogP contribution in [0.4, 0.5) is 17.1 Å². The number of rotatable bonds is 4. The molecule has 140 valence electrons. The fourth-order valence-corrected chi connectivity index (χ4v) is 3.97. The number of nitro groups is 1. The Morgan fingerprint density at radius 2 is 1.92 bits per heavy atom. The highest BCUT2D eigenvalue weighted by Gasteiger charge is 2.37. The number of nitro benzene ring substituents is 1. The number of carbonyl (C=O) groups is 2. The lowest BCUT2D eigenvalue weighted by Gasteiger charge is -2.35. The van der Waals surface area contributed by atoms with Crippen molar-refractivity contribution in [3.8, 4) is 0 Å². The molecule has 0 spiro atoms. The first-order valence-corrected chi connectivity index (χ1v) is 9.21. The van der Waals surface area contributed by atoms with E-state index in [-0.39, 0.29) is 41.6 Å². The lowest BCUT2D eigenvalue weighted by atomic mass is 9.78. The van der Waals surface area contributed by atoms with Crippen molar-refractivity contribution in [1.82, 2.24) is 0 Å². The number of carbonyl (C=O) groups excluding carboxylic acids is 2. The lowest BCUT2D eigenvalue weighted by molar-refractivity contribution is -0.383. The number of nitrogens with one attached hydrogen (secondary N) is 1. The third-order valence-electron chi connectivity index (χ3n) is 5.86. The predicted molar refractivity (Wildman–Crippen MR) is 99.0 cm³/mol.